The Bertz CT molecular complexity index is 660. The van der Waals surface area contributed by atoms with Crippen molar-refractivity contribution in [3.05, 3.63) is 59.7 Å². The maximum atomic E-state index is 12.6. The first-order valence-corrected chi connectivity index (χ1v) is 5.70. The van der Waals surface area contributed by atoms with Crippen LogP contribution in [0.25, 0.3) is 11.1 Å². The molecule has 0 unspecified atom stereocenters. The molecule has 2 aromatic rings. The van der Waals surface area contributed by atoms with E-state index in [0.29, 0.717) is 11.8 Å². The van der Waals surface area contributed by atoms with Crippen molar-refractivity contribution in [3.63, 3.8) is 0 Å². The van der Waals surface area contributed by atoms with Gasteiger partial charge in [-0.05, 0) is 11.1 Å². The molecular formula is C15H9F3O2. The highest BCUT2D eigenvalue weighted by molar-refractivity contribution is 6.06. The molecule has 0 bridgehead atoms. The van der Waals surface area contributed by atoms with Gasteiger partial charge < -0.3 is 0 Å². The first kappa shape index (κ1) is 14.0. The van der Waals surface area contributed by atoms with Gasteiger partial charge in [0.05, 0.1) is 0 Å². The lowest BCUT2D eigenvalue weighted by molar-refractivity contribution is -0.0884. The Morgan fingerprint density at radius 1 is 0.900 bits per heavy atom. The fourth-order valence-electron chi connectivity index (χ4n) is 1.91. The van der Waals surface area contributed by atoms with E-state index < -0.39 is 17.5 Å². The fraction of sp³-hybridized carbons (Fsp3) is 0.0667. The summed E-state index contributed by atoms with van der Waals surface area (Å²) >= 11 is 0. The summed E-state index contributed by atoms with van der Waals surface area (Å²) in [6, 6.07) is 11.5. The van der Waals surface area contributed by atoms with Crippen molar-refractivity contribution in [3.8, 4) is 11.1 Å². The monoisotopic (exact) mass is 278 g/mol. The van der Waals surface area contributed by atoms with Crippen LogP contribution in [0.5, 0.6) is 0 Å². The van der Waals surface area contributed by atoms with Gasteiger partial charge in [-0.25, -0.2) is 0 Å². The molecule has 20 heavy (non-hydrogen) atoms. The molecule has 102 valence electrons. The highest BCUT2D eigenvalue weighted by Crippen LogP contribution is 2.31. The molecule has 5 heteroatoms. The Labute approximate surface area is 112 Å². The topological polar surface area (TPSA) is 34.1 Å². The van der Waals surface area contributed by atoms with Crippen LogP contribution in [0.15, 0.2) is 48.5 Å². The molecule has 0 fully saturated rings. The molecule has 0 heterocycles. The minimum atomic E-state index is -4.95. The Hall–Kier alpha value is -2.43. The quantitative estimate of drug-likeness (QED) is 0.630. The molecule has 0 N–H and O–H groups in total. The molecule has 0 aliphatic heterocycles. The van der Waals surface area contributed by atoms with Crippen LogP contribution in [0.2, 0.25) is 0 Å². The third-order valence-electron chi connectivity index (χ3n) is 2.81. The maximum absolute atomic E-state index is 12.6. The van der Waals surface area contributed by atoms with Crippen LogP contribution < -0.4 is 0 Å². The molecule has 0 saturated heterocycles. The molecule has 0 saturated carbocycles. The number of Topliss-reactive ketones (excluding diaryl/α,β-unsaturated/α-hetero) is 1. The maximum Gasteiger partial charge on any atom is 0.454 e. The molecule has 0 spiro atoms. The average Bonchev–Trinajstić information content (AvgIpc) is 2.45. The number of halogens is 3. The number of carbonyl (C=O) groups is 2. The van der Waals surface area contributed by atoms with Crippen molar-refractivity contribution >= 4 is 12.1 Å². The standard InChI is InChI=1S/C15H9F3O2/c16-15(17,18)14(20)13-8-4-3-7-12(13)11-6-2-1-5-10(11)9-19/h1-9H. The van der Waals surface area contributed by atoms with Gasteiger partial charge in [0.2, 0.25) is 0 Å². The number of ketones is 1. The Morgan fingerprint density at radius 3 is 2.05 bits per heavy atom. The van der Waals surface area contributed by atoms with Crippen LogP contribution in [-0.2, 0) is 0 Å². The summed E-state index contributed by atoms with van der Waals surface area (Å²) in [5.41, 5.74) is 0.164. The van der Waals surface area contributed by atoms with Gasteiger partial charge in [0.1, 0.15) is 0 Å². The summed E-state index contributed by atoms with van der Waals surface area (Å²) < 4.78 is 37.8. The third-order valence-corrected chi connectivity index (χ3v) is 2.81. The summed E-state index contributed by atoms with van der Waals surface area (Å²) in [7, 11) is 0. The first-order chi connectivity index (χ1) is 9.45. The number of carbonyl (C=O) groups excluding carboxylic acids is 2. The van der Waals surface area contributed by atoms with Gasteiger partial charge in [-0.1, -0.05) is 48.5 Å². The van der Waals surface area contributed by atoms with Crippen molar-refractivity contribution in [1.82, 2.24) is 0 Å². The number of hydrogen-bond donors (Lipinski definition) is 0. The minimum absolute atomic E-state index is 0.0949. The summed E-state index contributed by atoms with van der Waals surface area (Å²) in [6.45, 7) is 0. The fourth-order valence-corrected chi connectivity index (χ4v) is 1.91. The second-order valence-corrected chi connectivity index (χ2v) is 4.08. The van der Waals surface area contributed by atoms with E-state index >= 15 is 0 Å². The largest absolute Gasteiger partial charge is 0.454 e. The van der Waals surface area contributed by atoms with Crippen LogP contribution in [0.1, 0.15) is 20.7 Å². The molecule has 0 aromatic heterocycles. The average molecular weight is 278 g/mol. The molecule has 0 atom stereocenters. The van der Waals surface area contributed by atoms with Gasteiger partial charge in [0.25, 0.3) is 5.78 Å². The van der Waals surface area contributed by atoms with E-state index in [9.17, 15) is 22.8 Å². The molecule has 0 radical (unpaired) electrons. The molecule has 0 amide bonds. The molecule has 0 aliphatic carbocycles. The second-order valence-electron chi connectivity index (χ2n) is 4.08. The van der Waals surface area contributed by atoms with E-state index in [1.807, 2.05) is 0 Å². The number of aldehydes is 1. The van der Waals surface area contributed by atoms with Gasteiger partial charge in [-0.15, -0.1) is 0 Å². The van der Waals surface area contributed by atoms with E-state index in [1.165, 1.54) is 30.3 Å². The summed E-state index contributed by atoms with van der Waals surface area (Å²) in [4.78, 5) is 22.4. The van der Waals surface area contributed by atoms with Gasteiger partial charge in [-0.2, -0.15) is 13.2 Å². The zero-order valence-corrected chi connectivity index (χ0v) is 10.1. The second kappa shape index (κ2) is 5.28. The van der Waals surface area contributed by atoms with Gasteiger partial charge in [0, 0.05) is 11.1 Å². The van der Waals surface area contributed by atoms with Crippen molar-refractivity contribution in [2.45, 2.75) is 6.18 Å². The highest BCUT2D eigenvalue weighted by atomic mass is 19.4. The molecular weight excluding hydrogens is 269 g/mol. The highest BCUT2D eigenvalue weighted by Gasteiger charge is 2.40. The van der Waals surface area contributed by atoms with Crippen LogP contribution in [0, 0.1) is 0 Å². The SMILES string of the molecule is O=Cc1ccccc1-c1ccccc1C(=O)C(F)(F)F. The third kappa shape index (κ3) is 2.61. The van der Waals surface area contributed by atoms with Crippen molar-refractivity contribution in [1.29, 1.82) is 0 Å². The summed E-state index contributed by atoms with van der Waals surface area (Å²) in [5, 5.41) is 0. The predicted molar refractivity (Wildman–Crippen MR) is 67.7 cm³/mol. The van der Waals surface area contributed by atoms with E-state index in [2.05, 4.69) is 0 Å². The van der Waals surface area contributed by atoms with Crippen molar-refractivity contribution in [2.75, 3.05) is 0 Å². The lowest BCUT2D eigenvalue weighted by atomic mass is 9.94. The predicted octanol–water partition coefficient (Wildman–Crippen LogP) is 3.91. The number of hydrogen-bond acceptors (Lipinski definition) is 2. The Balaban J connectivity index is 2.65. The molecule has 2 rings (SSSR count). The van der Waals surface area contributed by atoms with Crippen LogP contribution >= 0.6 is 0 Å². The van der Waals surface area contributed by atoms with E-state index in [0.717, 1.165) is 6.07 Å². The number of benzene rings is 2. The van der Waals surface area contributed by atoms with Crippen LogP contribution in [-0.4, -0.2) is 18.2 Å². The Kier molecular flexibility index (Phi) is 3.70. The number of alkyl halides is 3. The zero-order chi connectivity index (χ0) is 14.8. The minimum Gasteiger partial charge on any atom is -0.298 e. The lowest BCUT2D eigenvalue weighted by Gasteiger charge is -2.12. The van der Waals surface area contributed by atoms with E-state index in [1.54, 1.807) is 12.1 Å². The number of rotatable bonds is 3. The molecule has 2 aromatic carbocycles. The summed E-state index contributed by atoms with van der Waals surface area (Å²) in [6.07, 6.45) is -4.41. The lowest BCUT2D eigenvalue weighted by Crippen LogP contribution is -2.23. The zero-order valence-electron chi connectivity index (χ0n) is 10.1. The molecule has 2 nitrogen and oxygen atoms in total. The summed E-state index contributed by atoms with van der Waals surface area (Å²) in [5.74, 6) is -1.92. The molecule has 0 aliphatic rings. The normalized spacial score (nSPS) is 11.2. The van der Waals surface area contributed by atoms with Crippen molar-refractivity contribution < 1.29 is 22.8 Å². The Morgan fingerprint density at radius 2 is 1.45 bits per heavy atom. The van der Waals surface area contributed by atoms with Crippen LogP contribution in [0.4, 0.5) is 13.2 Å². The van der Waals surface area contributed by atoms with Crippen molar-refractivity contribution in [2.24, 2.45) is 0 Å². The van der Waals surface area contributed by atoms with Crippen LogP contribution in [0.3, 0.4) is 0 Å². The first-order valence-electron chi connectivity index (χ1n) is 5.70. The van der Waals surface area contributed by atoms with E-state index in [4.69, 9.17) is 0 Å². The van der Waals surface area contributed by atoms with Gasteiger partial charge in [0.15, 0.2) is 6.29 Å². The van der Waals surface area contributed by atoms with E-state index in [-0.39, 0.29) is 11.1 Å². The smallest absolute Gasteiger partial charge is 0.298 e. The van der Waals surface area contributed by atoms with Gasteiger partial charge >= 0.3 is 6.18 Å². The van der Waals surface area contributed by atoms with Gasteiger partial charge in [-0.3, -0.25) is 9.59 Å².